The van der Waals surface area contributed by atoms with E-state index >= 15 is 0 Å². The average molecular weight is 207 g/mol. The van der Waals surface area contributed by atoms with E-state index in [1.54, 1.807) is 0 Å². The van der Waals surface area contributed by atoms with Gasteiger partial charge in [-0.25, -0.2) is 14.8 Å². The fourth-order valence-corrected chi connectivity index (χ4v) is 1.34. The van der Waals surface area contributed by atoms with Gasteiger partial charge < -0.3 is 10.4 Å². The predicted octanol–water partition coefficient (Wildman–Crippen LogP) is 0.817. The molecule has 1 aromatic heterocycles. The van der Waals surface area contributed by atoms with Crippen LogP contribution < -0.4 is 5.32 Å². The van der Waals surface area contributed by atoms with Crippen molar-refractivity contribution in [3.05, 3.63) is 23.8 Å². The number of carboxylic acid groups (broad SMARTS) is 1. The monoisotopic (exact) mass is 207 g/mol. The largest absolute Gasteiger partial charge is 0.478 e. The zero-order chi connectivity index (χ0) is 10.9. The van der Waals surface area contributed by atoms with Crippen LogP contribution in [0.4, 0.5) is 0 Å². The summed E-state index contributed by atoms with van der Waals surface area (Å²) in [7, 11) is 0. The third-order valence-corrected chi connectivity index (χ3v) is 2.71. The highest BCUT2D eigenvalue weighted by molar-refractivity contribution is 5.88. The molecule has 1 aliphatic rings. The topological polar surface area (TPSA) is 75.1 Å². The first-order chi connectivity index (χ1) is 7.11. The van der Waals surface area contributed by atoms with Gasteiger partial charge in [-0.1, -0.05) is 0 Å². The third kappa shape index (κ3) is 2.30. The van der Waals surface area contributed by atoms with Crippen LogP contribution in [0.3, 0.4) is 0 Å². The summed E-state index contributed by atoms with van der Waals surface area (Å²) in [5.41, 5.74) is 0.903. The van der Waals surface area contributed by atoms with Crippen molar-refractivity contribution in [1.82, 2.24) is 15.3 Å². The third-order valence-electron chi connectivity index (χ3n) is 2.71. The first kappa shape index (κ1) is 10.0. The lowest BCUT2D eigenvalue weighted by Crippen LogP contribution is -2.28. The van der Waals surface area contributed by atoms with Crippen LogP contribution in [-0.2, 0) is 6.54 Å². The van der Waals surface area contributed by atoms with E-state index < -0.39 is 5.97 Å². The van der Waals surface area contributed by atoms with E-state index in [9.17, 15) is 4.79 Å². The predicted molar refractivity (Wildman–Crippen MR) is 53.5 cm³/mol. The Morgan fingerprint density at radius 2 is 2.40 bits per heavy atom. The molecule has 0 aromatic carbocycles. The molecule has 2 N–H and O–H groups in total. The number of carboxylic acids is 1. The molecular weight excluding hydrogens is 194 g/mol. The second-order valence-corrected chi connectivity index (χ2v) is 4.10. The summed E-state index contributed by atoms with van der Waals surface area (Å²) in [5, 5.41) is 12.2. The lowest BCUT2D eigenvalue weighted by molar-refractivity contribution is 0.0694. The van der Waals surface area contributed by atoms with E-state index in [4.69, 9.17) is 5.11 Å². The van der Waals surface area contributed by atoms with Crippen molar-refractivity contribution in [1.29, 1.82) is 0 Å². The van der Waals surface area contributed by atoms with E-state index in [2.05, 4.69) is 22.2 Å². The van der Waals surface area contributed by atoms with Gasteiger partial charge in [-0.2, -0.15) is 0 Å². The summed E-state index contributed by atoms with van der Waals surface area (Å²) >= 11 is 0. The van der Waals surface area contributed by atoms with Crippen molar-refractivity contribution in [2.75, 3.05) is 0 Å². The minimum Gasteiger partial charge on any atom is -0.478 e. The number of aromatic carboxylic acids is 1. The van der Waals surface area contributed by atoms with Crippen LogP contribution in [0.2, 0.25) is 0 Å². The molecule has 1 aliphatic carbocycles. The van der Waals surface area contributed by atoms with E-state index in [0.717, 1.165) is 12.8 Å². The molecular formula is C10H13N3O2. The number of nitrogens with zero attached hydrogens (tertiary/aromatic N) is 2. The lowest BCUT2D eigenvalue weighted by atomic mass is 10.2. The molecule has 1 aromatic rings. The molecule has 0 saturated heterocycles. The average Bonchev–Trinajstić information content (AvgIpc) is 2.95. The summed E-state index contributed by atoms with van der Waals surface area (Å²) in [6.45, 7) is 2.61. The highest BCUT2D eigenvalue weighted by Crippen LogP contribution is 2.34. The van der Waals surface area contributed by atoms with E-state index in [0.29, 0.717) is 12.2 Å². The summed E-state index contributed by atoms with van der Waals surface area (Å²) in [6, 6.07) is 0. The molecule has 1 saturated carbocycles. The van der Waals surface area contributed by atoms with E-state index in [1.807, 2.05) is 0 Å². The first-order valence-corrected chi connectivity index (χ1v) is 4.88. The Balaban J connectivity index is 2.09. The Labute approximate surface area is 87.6 Å². The van der Waals surface area contributed by atoms with Gasteiger partial charge in [0, 0.05) is 18.3 Å². The standard InChI is InChI=1S/C10H13N3O2/c1-10(2-3-10)13-5-8-7(9(14)15)4-11-6-12-8/h4,6,13H,2-3,5H2,1H3,(H,14,15). The Morgan fingerprint density at radius 3 is 3.00 bits per heavy atom. The minimum atomic E-state index is -0.978. The number of rotatable bonds is 4. The summed E-state index contributed by atoms with van der Waals surface area (Å²) in [4.78, 5) is 18.5. The molecule has 80 valence electrons. The Morgan fingerprint density at radius 1 is 1.67 bits per heavy atom. The van der Waals surface area contributed by atoms with Gasteiger partial charge >= 0.3 is 5.97 Å². The molecule has 0 amide bonds. The zero-order valence-electron chi connectivity index (χ0n) is 8.53. The maximum absolute atomic E-state index is 10.9. The van der Waals surface area contributed by atoms with Crippen LogP contribution in [0, 0.1) is 0 Å². The minimum absolute atomic E-state index is 0.175. The molecule has 0 atom stereocenters. The molecule has 2 rings (SSSR count). The summed E-state index contributed by atoms with van der Waals surface area (Å²) in [5.74, 6) is -0.978. The van der Waals surface area contributed by atoms with Gasteiger partial charge in [0.1, 0.15) is 11.9 Å². The van der Waals surface area contributed by atoms with Crippen LogP contribution in [0.15, 0.2) is 12.5 Å². The molecule has 15 heavy (non-hydrogen) atoms. The van der Waals surface area contributed by atoms with Crippen LogP contribution in [-0.4, -0.2) is 26.6 Å². The zero-order valence-corrected chi connectivity index (χ0v) is 8.53. The van der Waals surface area contributed by atoms with Gasteiger partial charge in [-0.05, 0) is 19.8 Å². The SMILES string of the molecule is CC1(NCc2ncncc2C(=O)O)CC1. The Hall–Kier alpha value is -1.49. The number of carbonyl (C=O) groups is 1. The van der Waals surface area contributed by atoms with E-state index in [1.165, 1.54) is 12.5 Å². The van der Waals surface area contributed by atoms with Crippen molar-refractivity contribution < 1.29 is 9.90 Å². The number of aromatic nitrogens is 2. The molecule has 0 aliphatic heterocycles. The molecule has 0 unspecified atom stereocenters. The molecule has 0 radical (unpaired) electrons. The van der Waals surface area contributed by atoms with Crippen LogP contribution in [0.5, 0.6) is 0 Å². The Kier molecular flexibility index (Phi) is 2.40. The van der Waals surface area contributed by atoms with Gasteiger partial charge in [0.2, 0.25) is 0 Å². The second kappa shape index (κ2) is 3.58. The van der Waals surface area contributed by atoms with Crippen LogP contribution >= 0.6 is 0 Å². The van der Waals surface area contributed by atoms with Crippen molar-refractivity contribution >= 4 is 5.97 Å². The number of hydrogen-bond acceptors (Lipinski definition) is 4. The first-order valence-electron chi connectivity index (χ1n) is 4.88. The number of hydrogen-bond donors (Lipinski definition) is 2. The molecule has 1 fully saturated rings. The van der Waals surface area contributed by atoms with Gasteiger partial charge in [0.25, 0.3) is 0 Å². The lowest BCUT2D eigenvalue weighted by Gasteiger charge is -2.11. The highest BCUT2D eigenvalue weighted by Gasteiger charge is 2.36. The van der Waals surface area contributed by atoms with Crippen molar-refractivity contribution in [3.63, 3.8) is 0 Å². The van der Waals surface area contributed by atoms with Crippen LogP contribution in [0.25, 0.3) is 0 Å². The van der Waals surface area contributed by atoms with Gasteiger partial charge in [0.15, 0.2) is 0 Å². The van der Waals surface area contributed by atoms with Crippen molar-refractivity contribution in [2.45, 2.75) is 31.8 Å². The molecule has 0 bridgehead atoms. The van der Waals surface area contributed by atoms with Gasteiger partial charge in [0.05, 0.1) is 5.69 Å². The normalized spacial score (nSPS) is 17.4. The smallest absolute Gasteiger partial charge is 0.339 e. The quantitative estimate of drug-likeness (QED) is 0.764. The molecule has 1 heterocycles. The summed E-state index contributed by atoms with van der Waals surface area (Å²) < 4.78 is 0. The fraction of sp³-hybridized carbons (Fsp3) is 0.500. The van der Waals surface area contributed by atoms with Gasteiger partial charge in [-0.3, -0.25) is 0 Å². The van der Waals surface area contributed by atoms with Crippen molar-refractivity contribution in [2.24, 2.45) is 0 Å². The van der Waals surface area contributed by atoms with Gasteiger partial charge in [-0.15, -0.1) is 0 Å². The molecule has 5 heteroatoms. The summed E-state index contributed by atoms with van der Waals surface area (Å²) in [6.07, 6.45) is 4.99. The maximum Gasteiger partial charge on any atom is 0.339 e. The van der Waals surface area contributed by atoms with Crippen LogP contribution in [0.1, 0.15) is 35.8 Å². The Bertz CT molecular complexity index is 388. The molecule has 5 nitrogen and oxygen atoms in total. The van der Waals surface area contributed by atoms with Crippen molar-refractivity contribution in [3.8, 4) is 0 Å². The number of nitrogens with one attached hydrogen (secondary N) is 1. The van der Waals surface area contributed by atoms with E-state index in [-0.39, 0.29) is 11.1 Å². The fourth-order valence-electron chi connectivity index (χ4n) is 1.34. The highest BCUT2D eigenvalue weighted by atomic mass is 16.4. The molecule has 0 spiro atoms. The maximum atomic E-state index is 10.9. The second-order valence-electron chi connectivity index (χ2n) is 4.10.